The largest absolute Gasteiger partial charge is 0.314 e. The van der Waals surface area contributed by atoms with Gasteiger partial charge in [-0.25, -0.2) is 0 Å². The fourth-order valence-corrected chi connectivity index (χ4v) is 5.18. The standard InChI is InChI=1S/C14H17BrN2S2.2ClH/c1-10-9-12(19-14(10)15)13(11-3-2-8-18-11)17-6-4-16-5-7-17;;/h2-3,8-9,13,16H,4-7H2,1H3;2*1H/t13-;;/m0../s1. The average molecular weight is 430 g/mol. The van der Waals surface area contributed by atoms with Crippen molar-refractivity contribution < 1.29 is 0 Å². The van der Waals surface area contributed by atoms with E-state index in [0.717, 1.165) is 26.2 Å². The fourth-order valence-electron chi connectivity index (χ4n) is 2.51. The minimum Gasteiger partial charge on any atom is -0.314 e. The van der Waals surface area contributed by atoms with Gasteiger partial charge in [-0.3, -0.25) is 4.90 Å². The molecule has 3 heterocycles. The van der Waals surface area contributed by atoms with Gasteiger partial charge >= 0.3 is 0 Å². The van der Waals surface area contributed by atoms with Crippen LogP contribution >= 0.6 is 63.4 Å². The smallest absolute Gasteiger partial charge is 0.0791 e. The molecule has 3 rings (SSSR count). The van der Waals surface area contributed by atoms with Gasteiger partial charge in [0.1, 0.15) is 0 Å². The van der Waals surface area contributed by atoms with Gasteiger partial charge in [0.05, 0.1) is 9.83 Å². The van der Waals surface area contributed by atoms with E-state index in [1.165, 1.54) is 19.1 Å². The molecule has 0 aromatic carbocycles. The van der Waals surface area contributed by atoms with Crippen LogP contribution in [0, 0.1) is 6.92 Å². The van der Waals surface area contributed by atoms with E-state index in [1.807, 2.05) is 22.7 Å². The maximum Gasteiger partial charge on any atom is 0.0791 e. The average Bonchev–Trinajstić information content (AvgIpc) is 3.03. The third kappa shape index (κ3) is 4.44. The van der Waals surface area contributed by atoms with Crippen LogP contribution in [0.3, 0.4) is 0 Å². The zero-order chi connectivity index (χ0) is 13.2. The summed E-state index contributed by atoms with van der Waals surface area (Å²) < 4.78 is 1.26. The van der Waals surface area contributed by atoms with Gasteiger partial charge in [0, 0.05) is 35.9 Å². The molecule has 0 saturated carbocycles. The Hall–Kier alpha value is 0.380. The summed E-state index contributed by atoms with van der Waals surface area (Å²) in [5, 5.41) is 5.62. The third-order valence-corrected chi connectivity index (χ3v) is 6.59. The SMILES string of the molecule is Cc1cc([C@H](c2cccs2)N2CCNCC2)sc1Br.Cl.Cl. The normalized spacial score (nSPS) is 16.9. The summed E-state index contributed by atoms with van der Waals surface area (Å²) >= 11 is 7.40. The van der Waals surface area contributed by atoms with Crippen LogP contribution in [-0.4, -0.2) is 31.1 Å². The highest BCUT2D eigenvalue weighted by atomic mass is 79.9. The summed E-state index contributed by atoms with van der Waals surface area (Å²) in [5.41, 5.74) is 1.34. The van der Waals surface area contributed by atoms with Crippen molar-refractivity contribution in [3.05, 3.63) is 42.7 Å². The van der Waals surface area contributed by atoms with Crippen LogP contribution in [0.5, 0.6) is 0 Å². The first kappa shape index (κ1) is 19.4. The van der Waals surface area contributed by atoms with Gasteiger partial charge in [0.2, 0.25) is 0 Å². The number of thiophene rings is 2. The number of aryl methyl sites for hydroxylation is 1. The number of hydrogen-bond acceptors (Lipinski definition) is 4. The molecule has 1 saturated heterocycles. The molecule has 7 heteroatoms. The second kappa shape index (κ2) is 8.87. The zero-order valence-corrected chi connectivity index (χ0v) is 16.5. The molecule has 2 aromatic heterocycles. The van der Waals surface area contributed by atoms with Gasteiger partial charge in [0.25, 0.3) is 0 Å². The number of nitrogens with one attached hydrogen (secondary N) is 1. The van der Waals surface area contributed by atoms with Crippen molar-refractivity contribution in [2.45, 2.75) is 13.0 Å². The minimum atomic E-state index is 0. The molecule has 1 aliphatic rings. The summed E-state index contributed by atoms with van der Waals surface area (Å²) in [5.74, 6) is 0. The van der Waals surface area contributed by atoms with Crippen LogP contribution < -0.4 is 5.32 Å². The van der Waals surface area contributed by atoms with Crippen LogP contribution in [-0.2, 0) is 0 Å². The minimum absolute atomic E-state index is 0. The van der Waals surface area contributed by atoms with Crippen molar-refractivity contribution in [1.29, 1.82) is 0 Å². The third-order valence-electron chi connectivity index (χ3n) is 3.48. The molecule has 1 fully saturated rings. The number of piperazine rings is 1. The lowest BCUT2D eigenvalue weighted by atomic mass is 10.1. The van der Waals surface area contributed by atoms with Gasteiger partial charge in [0.15, 0.2) is 0 Å². The molecule has 0 amide bonds. The van der Waals surface area contributed by atoms with Crippen LogP contribution in [0.4, 0.5) is 0 Å². The lowest BCUT2D eigenvalue weighted by Gasteiger charge is -2.34. The summed E-state index contributed by atoms with van der Waals surface area (Å²) in [7, 11) is 0. The Morgan fingerprint density at radius 2 is 1.95 bits per heavy atom. The maximum absolute atomic E-state index is 3.66. The molecule has 1 atom stereocenters. The molecule has 2 nitrogen and oxygen atoms in total. The molecule has 0 aliphatic carbocycles. The molecule has 0 spiro atoms. The first-order valence-electron chi connectivity index (χ1n) is 6.49. The van der Waals surface area contributed by atoms with Crippen LogP contribution in [0.15, 0.2) is 27.4 Å². The first-order chi connectivity index (χ1) is 9.25. The predicted octanol–water partition coefficient (Wildman–Crippen LogP) is 4.72. The number of halogens is 3. The van der Waals surface area contributed by atoms with Crippen LogP contribution in [0.25, 0.3) is 0 Å². The molecule has 2 aromatic rings. The van der Waals surface area contributed by atoms with Crippen molar-refractivity contribution in [3.63, 3.8) is 0 Å². The summed E-state index contributed by atoms with van der Waals surface area (Å²) in [4.78, 5) is 5.50. The molecule has 0 unspecified atom stereocenters. The van der Waals surface area contributed by atoms with E-state index in [0.29, 0.717) is 6.04 Å². The van der Waals surface area contributed by atoms with E-state index in [4.69, 9.17) is 0 Å². The molecular weight excluding hydrogens is 411 g/mol. The van der Waals surface area contributed by atoms with Crippen molar-refractivity contribution in [1.82, 2.24) is 10.2 Å². The Morgan fingerprint density at radius 3 is 2.48 bits per heavy atom. The monoisotopic (exact) mass is 428 g/mol. The lowest BCUT2D eigenvalue weighted by molar-refractivity contribution is 0.203. The summed E-state index contributed by atoms with van der Waals surface area (Å²) in [6.45, 7) is 6.60. The molecule has 0 radical (unpaired) electrons. The second-order valence-corrected chi connectivity index (χ2v) is 8.19. The van der Waals surface area contributed by atoms with Crippen LogP contribution in [0.1, 0.15) is 21.4 Å². The van der Waals surface area contributed by atoms with E-state index in [1.54, 1.807) is 0 Å². The Balaban J connectivity index is 0.00000110. The second-order valence-electron chi connectivity index (χ2n) is 4.81. The van der Waals surface area contributed by atoms with Gasteiger partial charge < -0.3 is 5.32 Å². The van der Waals surface area contributed by atoms with E-state index >= 15 is 0 Å². The Labute approximate surface area is 154 Å². The van der Waals surface area contributed by atoms with Crippen LogP contribution in [0.2, 0.25) is 0 Å². The van der Waals surface area contributed by atoms with E-state index < -0.39 is 0 Å². The van der Waals surface area contributed by atoms with E-state index in [9.17, 15) is 0 Å². The quantitative estimate of drug-likeness (QED) is 0.759. The van der Waals surface area contributed by atoms with Crippen molar-refractivity contribution >= 4 is 63.4 Å². The fraction of sp³-hybridized carbons (Fsp3) is 0.429. The lowest BCUT2D eigenvalue weighted by Crippen LogP contribution is -2.45. The summed E-state index contributed by atoms with van der Waals surface area (Å²) in [6.07, 6.45) is 0. The maximum atomic E-state index is 3.66. The molecule has 118 valence electrons. The topological polar surface area (TPSA) is 15.3 Å². The van der Waals surface area contributed by atoms with Gasteiger partial charge in [-0.1, -0.05) is 6.07 Å². The van der Waals surface area contributed by atoms with Gasteiger partial charge in [-0.05, 0) is 45.9 Å². The van der Waals surface area contributed by atoms with Crippen molar-refractivity contribution in [2.24, 2.45) is 0 Å². The van der Waals surface area contributed by atoms with Crippen molar-refractivity contribution in [3.8, 4) is 0 Å². The molecule has 21 heavy (non-hydrogen) atoms. The Morgan fingerprint density at radius 1 is 1.24 bits per heavy atom. The molecule has 0 bridgehead atoms. The summed E-state index contributed by atoms with van der Waals surface area (Å²) in [6, 6.07) is 7.18. The molecule has 1 aliphatic heterocycles. The Bertz CT molecular complexity index is 520. The first-order valence-corrected chi connectivity index (χ1v) is 8.98. The van der Waals surface area contributed by atoms with Gasteiger partial charge in [-0.15, -0.1) is 47.5 Å². The van der Waals surface area contributed by atoms with Gasteiger partial charge in [-0.2, -0.15) is 0 Å². The highest BCUT2D eigenvalue weighted by Crippen LogP contribution is 2.39. The Kier molecular flexibility index (Phi) is 8.20. The predicted molar refractivity (Wildman–Crippen MR) is 102 cm³/mol. The van der Waals surface area contributed by atoms with E-state index in [2.05, 4.69) is 56.6 Å². The zero-order valence-electron chi connectivity index (χ0n) is 11.7. The highest BCUT2D eigenvalue weighted by Gasteiger charge is 2.26. The molecular formula is C14H19BrCl2N2S2. The number of hydrogen-bond donors (Lipinski definition) is 1. The number of nitrogens with zero attached hydrogens (tertiary/aromatic N) is 1. The highest BCUT2D eigenvalue weighted by molar-refractivity contribution is 9.11. The molecule has 1 N–H and O–H groups in total. The van der Waals surface area contributed by atoms with Crippen molar-refractivity contribution in [2.75, 3.05) is 26.2 Å². The number of rotatable bonds is 3. The van der Waals surface area contributed by atoms with E-state index in [-0.39, 0.29) is 24.8 Å².